The summed E-state index contributed by atoms with van der Waals surface area (Å²) in [5.74, 6) is -3.13. The topological polar surface area (TPSA) is 44.4 Å². The van der Waals surface area contributed by atoms with E-state index >= 15 is 0 Å². The summed E-state index contributed by atoms with van der Waals surface area (Å²) in [5.41, 5.74) is 2.26. The molecule has 148 valence electrons. The lowest BCUT2D eigenvalue weighted by atomic mass is 10.0. The molecule has 0 aliphatic carbocycles. The molecule has 1 aromatic carbocycles. The Hall–Kier alpha value is -0.950. The third kappa shape index (κ3) is 6.34. The summed E-state index contributed by atoms with van der Waals surface area (Å²) in [6.07, 6.45) is 3.35. The van der Waals surface area contributed by atoms with E-state index in [1.807, 2.05) is 18.2 Å². The van der Waals surface area contributed by atoms with Gasteiger partial charge in [0, 0.05) is 19.5 Å². The average molecular weight is 410 g/mol. The minimum absolute atomic E-state index is 0. The van der Waals surface area contributed by atoms with Gasteiger partial charge in [0.15, 0.2) is 0 Å². The summed E-state index contributed by atoms with van der Waals surface area (Å²) in [7, 11) is 0. The van der Waals surface area contributed by atoms with Crippen LogP contribution >= 0.6 is 24.8 Å². The molecule has 2 N–H and O–H groups in total. The lowest BCUT2D eigenvalue weighted by Gasteiger charge is -2.27. The first-order valence-electron chi connectivity index (χ1n) is 8.72. The Labute approximate surface area is 165 Å². The van der Waals surface area contributed by atoms with Crippen LogP contribution in [0, 0.1) is 0 Å². The van der Waals surface area contributed by atoms with Gasteiger partial charge in [-0.1, -0.05) is 30.7 Å². The van der Waals surface area contributed by atoms with Crippen molar-refractivity contribution in [2.75, 3.05) is 19.6 Å². The molecule has 2 fully saturated rings. The van der Waals surface area contributed by atoms with Crippen molar-refractivity contribution >= 4 is 30.7 Å². The van der Waals surface area contributed by atoms with E-state index in [4.69, 9.17) is 0 Å². The van der Waals surface area contributed by atoms with Gasteiger partial charge in [-0.05, 0) is 37.1 Å². The molecule has 2 saturated heterocycles. The van der Waals surface area contributed by atoms with Gasteiger partial charge in [0.2, 0.25) is 5.91 Å². The van der Waals surface area contributed by atoms with Crippen molar-refractivity contribution in [2.45, 2.75) is 50.7 Å². The molecule has 2 aliphatic heterocycles. The van der Waals surface area contributed by atoms with Gasteiger partial charge in [0.05, 0.1) is 12.6 Å². The molecule has 3 rings (SSSR count). The molecule has 2 heterocycles. The first kappa shape index (κ1) is 23.1. The summed E-state index contributed by atoms with van der Waals surface area (Å²) in [6.45, 7) is 3.07. The maximum atomic E-state index is 13.2. The van der Waals surface area contributed by atoms with E-state index in [0.29, 0.717) is 6.54 Å². The second kappa shape index (κ2) is 10.4. The number of hydrogen-bond donors (Lipinski definition) is 2. The number of hydrogen-bond acceptors (Lipinski definition) is 3. The molecule has 0 bridgehead atoms. The first-order valence-corrected chi connectivity index (χ1v) is 8.72. The van der Waals surface area contributed by atoms with Gasteiger partial charge in [-0.3, -0.25) is 15.0 Å². The zero-order valence-electron chi connectivity index (χ0n) is 14.7. The highest BCUT2D eigenvalue weighted by molar-refractivity contribution is 5.85. The monoisotopic (exact) mass is 409 g/mol. The van der Waals surface area contributed by atoms with Crippen molar-refractivity contribution in [3.05, 3.63) is 35.4 Å². The number of amides is 1. The fourth-order valence-electron chi connectivity index (χ4n) is 3.45. The Morgan fingerprint density at radius 3 is 2.42 bits per heavy atom. The van der Waals surface area contributed by atoms with Gasteiger partial charge < -0.3 is 5.32 Å². The van der Waals surface area contributed by atoms with Crippen molar-refractivity contribution in [2.24, 2.45) is 0 Å². The third-order valence-electron chi connectivity index (χ3n) is 4.84. The van der Waals surface area contributed by atoms with Crippen molar-refractivity contribution in [1.82, 2.24) is 15.5 Å². The van der Waals surface area contributed by atoms with Gasteiger partial charge in [0.1, 0.15) is 0 Å². The molecule has 2 aliphatic rings. The lowest BCUT2D eigenvalue weighted by Crippen LogP contribution is -2.40. The van der Waals surface area contributed by atoms with Crippen LogP contribution in [-0.4, -0.2) is 42.4 Å². The normalized spacial score (nSPS) is 22.2. The van der Waals surface area contributed by atoms with Crippen LogP contribution in [0.1, 0.15) is 36.8 Å². The maximum absolute atomic E-state index is 13.2. The van der Waals surface area contributed by atoms with Crippen LogP contribution in [-0.2, 0) is 17.9 Å². The van der Waals surface area contributed by atoms with Gasteiger partial charge in [-0.25, -0.2) is 8.78 Å². The smallest absolute Gasteiger partial charge is 0.262 e. The fourth-order valence-corrected chi connectivity index (χ4v) is 3.45. The van der Waals surface area contributed by atoms with Crippen LogP contribution < -0.4 is 10.6 Å². The second-order valence-electron chi connectivity index (χ2n) is 6.82. The highest BCUT2D eigenvalue weighted by Crippen LogP contribution is 2.25. The van der Waals surface area contributed by atoms with E-state index < -0.39 is 24.9 Å². The fraction of sp³-hybridized carbons (Fsp3) is 0.611. The zero-order chi connectivity index (χ0) is 17.0. The quantitative estimate of drug-likeness (QED) is 0.784. The van der Waals surface area contributed by atoms with Crippen LogP contribution in [0.25, 0.3) is 0 Å². The van der Waals surface area contributed by atoms with Crippen LogP contribution in [0.15, 0.2) is 24.3 Å². The molecule has 0 spiro atoms. The van der Waals surface area contributed by atoms with Gasteiger partial charge in [-0.15, -0.1) is 24.8 Å². The molecule has 0 aromatic heterocycles. The van der Waals surface area contributed by atoms with E-state index in [9.17, 15) is 13.6 Å². The standard InChI is InChI=1S/C18H25F2N3O.2ClH/c19-18(20)10-16(22-13-18)17(24)21-11-14-6-2-3-7-15(14)12-23-8-4-1-5-9-23;;/h2-3,6-7,16,22H,1,4-5,8-13H2,(H,21,24);2*1H. The van der Waals surface area contributed by atoms with Gasteiger partial charge in [-0.2, -0.15) is 0 Å². The summed E-state index contributed by atoms with van der Waals surface area (Å²) in [4.78, 5) is 14.5. The molecular weight excluding hydrogens is 383 g/mol. The van der Waals surface area contributed by atoms with Crippen molar-refractivity contribution in [3.63, 3.8) is 0 Å². The van der Waals surface area contributed by atoms with E-state index in [2.05, 4.69) is 21.6 Å². The van der Waals surface area contributed by atoms with Crippen LogP contribution in [0.2, 0.25) is 0 Å². The Bertz CT molecular complexity index is 583. The summed E-state index contributed by atoms with van der Waals surface area (Å²) < 4.78 is 26.4. The van der Waals surface area contributed by atoms with E-state index in [1.54, 1.807) is 0 Å². The Kier molecular flexibility index (Phi) is 9.24. The van der Waals surface area contributed by atoms with E-state index in [0.717, 1.165) is 25.2 Å². The Balaban J connectivity index is 0.00000169. The average Bonchev–Trinajstić information content (AvgIpc) is 2.95. The molecule has 4 nitrogen and oxygen atoms in total. The molecule has 26 heavy (non-hydrogen) atoms. The number of benzene rings is 1. The molecule has 1 atom stereocenters. The number of carbonyl (C=O) groups excluding carboxylic acids is 1. The van der Waals surface area contributed by atoms with E-state index in [-0.39, 0.29) is 30.7 Å². The number of rotatable bonds is 5. The van der Waals surface area contributed by atoms with Crippen molar-refractivity contribution in [1.29, 1.82) is 0 Å². The number of likely N-dealkylation sites (tertiary alicyclic amines) is 1. The minimum atomic E-state index is -2.78. The third-order valence-corrected chi connectivity index (χ3v) is 4.84. The SMILES string of the molecule is Cl.Cl.O=C(NCc1ccccc1CN1CCCCC1)C1CC(F)(F)CN1. The lowest BCUT2D eigenvalue weighted by molar-refractivity contribution is -0.123. The minimum Gasteiger partial charge on any atom is -0.351 e. The Morgan fingerprint density at radius 2 is 1.81 bits per heavy atom. The molecular formula is C18H27Cl2F2N3O. The Morgan fingerprint density at radius 1 is 1.15 bits per heavy atom. The zero-order valence-corrected chi connectivity index (χ0v) is 16.3. The van der Waals surface area contributed by atoms with Crippen LogP contribution in [0.3, 0.4) is 0 Å². The largest absolute Gasteiger partial charge is 0.351 e. The molecule has 1 aromatic rings. The van der Waals surface area contributed by atoms with Crippen molar-refractivity contribution < 1.29 is 13.6 Å². The maximum Gasteiger partial charge on any atom is 0.262 e. The summed E-state index contributed by atoms with van der Waals surface area (Å²) in [6, 6.07) is 7.23. The number of carbonyl (C=O) groups is 1. The highest BCUT2D eigenvalue weighted by Gasteiger charge is 2.42. The summed E-state index contributed by atoms with van der Waals surface area (Å²) >= 11 is 0. The van der Waals surface area contributed by atoms with Gasteiger partial charge >= 0.3 is 0 Å². The first-order chi connectivity index (χ1) is 11.5. The molecule has 0 radical (unpaired) electrons. The number of piperidine rings is 1. The molecule has 0 saturated carbocycles. The second-order valence-corrected chi connectivity index (χ2v) is 6.82. The number of nitrogens with zero attached hydrogens (tertiary/aromatic N) is 1. The predicted octanol–water partition coefficient (Wildman–Crippen LogP) is 3.13. The molecule has 1 unspecified atom stereocenters. The predicted molar refractivity (Wildman–Crippen MR) is 103 cm³/mol. The van der Waals surface area contributed by atoms with Crippen LogP contribution in [0.4, 0.5) is 8.78 Å². The summed E-state index contributed by atoms with van der Waals surface area (Å²) in [5, 5.41) is 5.40. The van der Waals surface area contributed by atoms with E-state index in [1.165, 1.54) is 24.8 Å². The number of halogens is 4. The number of nitrogens with one attached hydrogen (secondary N) is 2. The van der Waals surface area contributed by atoms with Crippen molar-refractivity contribution in [3.8, 4) is 0 Å². The molecule has 1 amide bonds. The highest BCUT2D eigenvalue weighted by atomic mass is 35.5. The number of alkyl halides is 2. The molecule has 8 heteroatoms. The van der Waals surface area contributed by atoms with Crippen LogP contribution in [0.5, 0.6) is 0 Å². The van der Waals surface area contributed by atoms with Gasteiger partial charge in [0.25, 0.3) is 5.92 Å².